The van der Waals surface area contributed by atoms with E-state index in [1.165, 1.54) is 0 Å². The summed E-state index contributed by atoms with van der Waals surface area (Å²) in [6, 6.07) is 7.96. The molecule has 1 atom stereocenters. The van der Waals surface area contributed by atoms with Crippen molar-refractivity contribution < 1.29 is 9.53 Å². The molecular weight excluding hydrogens is 238 g/mol. The number of carbonyl (C=O) groups excluding carboxylic acids is 1. The molecule has 2 rings (SSSR count). The Bertz CT molecular complexity index is 556. The van der Waals surface area contributed by atoms with Crippen LogP contribution in [0.2, 0.25) is 0 Å². The van der Waals surface area contributed by atoms with Crippen molar-refractivity contribution in [2.45, 2.75) is 31.1 Å². The minimum atomic E-state index is -0.737. The fourth-order valence-electron chi connectivity index (χ4n) is 2.85. The number of nitriles is 1. The van der Waals surface area contributed by atoms with Crippen LogP contribution in [-0.2, 0) is 16.6 Å². The maximum Gasteiger partial charge on any atom is 0.145 e. The van der Waals surface area contributed by atoms with Gasteiger partial charge in [0.05, 0.1) is 25.0 Å². The Labute approximate surface area is 113 Å². The number of nitrogens with zero attached hydrogens (tertiary/aromatic N) is 1. The molecule has 0 amide bonds. The Morgan fingerprint density at radius 1 is 1.53 bits per heavy atom. The molecule has 0 heterocycles. The van der Waals surface area contributed by atoms with Gasteiger partial charge < -0.3 is 4.74 Å². The first-order valence-corrected chi connectivity index (χ1v) is 6.36. The van der Waals surface area contributed by atoms with Crippen molar-refractivity contribution in [2.75, 3.05) is 7.11 Å². The van der Waals surface area contributed by atoms with Crippen LogP contribution in [0.4, 0.5) is 0 Å². The fourth-order valence-corrected chi connectivity index (χ4v) is 2.85. The third kappa shape index (κ3) is 2.15. The monoisotopic (exact) mass is 255 g/mol. The molecule has 0 radical (unpaired) electrons. The topological polar surface area (TPSA) is 50.1 Å². The average Bonchev–Trinajstić information content (AvgIpc) is 2.43. The zero-order valence-corrected chi connectivity index (χ0v) is 11.1. The number of Topliss-reactive ketones (excluding diaryl/α,β-unsaturated/α-hetero) is 1. The largest absolute Gasteiger partial charge is 0.497 e. The zero-order chi connectivity index (χ0) is 13.9. The van der Waals surface area contributed by atoms with Crippen LogP contribution >= 0.6 is 0 Å². The molecule has 0 N–H and O–H groups in total. The van der Waals surface area contributed by atoms with Crippen LogP contribution in [0.3, 0.4) is 0 Å². The van der Waals surface area contributed by atoms with E-state index in [2.05, 4.69) is 12.6 Å². The predicted octanol–water partition coefficient (Wildman–Crippen LogP) is 2.94. The molecule has 1 aliphatic carbocycles. The Balaban J connectivity index is 2.63. The summed E-state index contributed by atoms with van der Waals surface area (Å²) in [7, 11) is 1.60. The number of ether oxygens (including phenoxy) is 1. The summed E-state index contributed by atoms with van der Waals surface area (Å²) in [6.45, 7) is 3.74. The number of benzene rings is 1. The molecule has 0 aliphatic heterocycles. The zero-order valence-electron chi connectivity index (χ0n) is 11.1. The number of carbonyl (C=O) groups is 1. The number of aryl methyl sites for hydroxylation is 1. The van der Waals surface area contributed by atoms with Crippen molar-refractivity contribution in [3.8, 4) is 11.8 Å². The molecule has 0 saturated carbocycles. The summed E-state index contributed by atoms with van der Waals surface area (Å²) in [5.41, 5.74) is 1.33. The molecule has 19 heavy (non-hydrogen) atoms. The van der Waals surface area contributed by atoms with E-state index in [0.29, 0.717) is 12.8 Å². The van der Waals surface area contributed by atoms with Crippen molar-refractivity contribution >= 4 is 5.78 Å². The van der Waals surface area contributed by atoms with E-state index in [0.717, 1.165) is 23.3 Å². The molecule has 98 valence electrons. The molecule has 0 aromatic heterocycles. The van der Waals surface area contributed by atoms with Crippen LogP contribution in [0.15, 0.2) is 30.9 Å². The highest BCUT2D eigenvalue weighted by Gasteiger charge is 2.42. The SMILES string of the molecule is C=CCC1(CC#N)C(=O)CCc2ccc(OC)cc21. The highest BCUT2D eigenvalue weighted by atomic mass is 16.5. The Kier molecular flexibility index (Phi) is 3.71. The maximum atomic E-state index is 12.4. The fraction of sp³-hybridized carbons (Fsp3) is 0.375. The second kappa shape index (κ2) is 5.27. The number of hydrogen-bond donors (Lipinski definition) is 0. The van der Waals surface area contributed by atoms with Gasteiger partial charge in [0.1, 0.15) is 11.5 Å². The summed E-state index contributed by atoms with van der Waals surface area (Å²) < 4.78 is 5.25. The van der Waals surface area contributed by atoms with Crippen LogP contribution in [0.25, 0.3) is 0 Å². The van der Waals surface area contributed by atoms with Gasteiger partial charge in [0.15, 0.2) is 0 Å². The van der Waals surface area contributed by atoms with Gasteiger partial charge in [-0.1, -0.05) is 12.1 Å². The maximum absolute atomic E-state index is 12.4. The highest BCUT2D eigenvalue weighted by Crippen LogP contribution is 2.41. The molecule has 0 fully saturated rings. The normalized spacial score (nSPS) is 21.4. The summed E-state index contributed by atoms with van der Waals surface area (Å²) in [5, 5.41) is 9.11. The third-order valence-electron chi connectivity index (χ3n) is 3.86. The third-order valence-corrected chi connectivity index (χ3v) is 3.86. The van der Waals surface area contributed by atoms with Crippen molar-refractivity contribution in [3.63, 3.8) is 0 Å². The van der Waals surface area contributed by atoms with E-state index in [1.807, 2.05) is 18.2 Å². The van der Waals surface area contributed by atoms with Gasteiger partial charge in [0.2, 0.25) is 0 Å². The van der Waals surface area contributed by atoms with E-state index in [4.69, 9.17) is 10.00 Å². The predicted molar refractivity (Wildman–Crippen MR) is 73.0 cm³/mol. The molecule has 0 saturated heterocycles. The van der Waals surface area contributed by atoms with Crippen molar-refractivity contribution in [1.82, 2.24) is 0 Å². The number of allylic oxidation sites excluding steroid dienone is 1. The first-order valence-electron chi connectivity index (χ1n) is 6.36. The van der Waals surface area contributed by atoms with Gasteiger partial charge in [-0.05, 0) is 36.1 Å². The molecular formula is C16H17NO2. The highest BCUT2D eigenvalue weighted by molar-refractivity contribution is 5.93. The Morgan fingerprint density at radius 2 is 2.32 bits per heavy atom. The van der Waals surface area contributed by atoms with E-state index in [9.17, 15) is 4.79 Å². The van der Waals surface area contributed by atoms with Gasteiger partial charge in [-0.25, -0.2) is 0 Å². The number of fused-ring (bicyclic) bond motifs is 1. The lowest BCUT2D eigenvalue weighted by Crippen LogP contribution is -2.39. The standard InChI is InChI=1S/C16H17NO2/c1-3-8-16(9-10-17)14-11-13(19-2)6-4-12(14)5-7-15(16)18/h3-4,6,11H,1,5,7-9H2,2H3. The van der Waals surface area contributed by atoms with Crippen molar-refractivity contribution in [1.29, 1.82) is 5.26 Å². The van der Waals surface area contributed by atoms with Crippen LogP contribution in [0, 0.1) is 11.3 Å². The van der Waals surface area contributed by atoms with Gasteiger partial charge in [0, 0.05) is 6.42 Å². The molecule has 3 nitrogen and oxygen atoms in total. The molecule has 0 bridgehead atoms. The molecule has 1 aromatic carbocycles. The van der Waals surface area contributed by atoms with E-state index < -0.39 is 5.41 Å². The molecule has 1 aromatic rings. The summed E-state index contributed by atoms with van der Waals surface area (Å²) in [5.74, 6) is 0.856. The summed E-state index contributed by atoms with van der Waals surface area (Å²) in [6.07, 6.45) is 3.65. The number of hydrogen-bond acceptors (Lipinski definition) is 3. The lowest BCUT2D eigenvalue weighted by atomic mass is 9.65. The van der Waals surface area contributed by atoms with Crippen LogP contribution in [0.1, 0.15) is 30.4 Å². The van der Waals surface area contributed by atoms with Crippen molar-refractivity contribution in [2.24, 2.45) is 0 Å². The minimum Gasteiger partial charge on any atom is -0.497 e. The smallest absolute Gasteiger partial charge is 0.145 e. The van der Waals surface area contributed by atoms with Crippen molar-refractivity contribution in [3.05, 3.63) is 42.0 Å². The summed E-state index contributed by atoms with van der Waals surface area (Å²) >= 11 is 0. The van der Waals surface area contributed by atoms with E-state index in [-0.39, 0.29) is 12.2 Å². The van der Waals surface area contributed by atoms with E-state index >= 15 is 0 Å². The molecule has 1 unspecified atom stereocenters. The molecule has 0 spiro atoms. The summed E-state index contributed by atoms with van der Waals surface area (Å²) in [4.78, 5) is 12.4. The Morgan fingerprint density at radius 3 is 2.95 bits per heavy atom. The lowest BCUT2D eigenvalue weighted by molar-refractivity contribution is -0.125. The van der Waals surface area contributed by atoms with Gasteiger partial charge in [-0.3, -0.25) is 4.79 Å². The molecule has 3 heteroatoms. The lowest BCUT2D eigenvalue weighted by Gasteiger charge is -2.35. The molecule has 1 aliphatic rings. The Hall–Kier alpha value is -2.08. The van der Waals surface area contributed by atoms with Crippen LogP contribution in [0.5, 0.6) is 5.75 Å². The second-order valence-electron chi connectivity index (χ2n) is 4.86. The number of ketones is 1. The van der Waals surface area contributed by atoms with Gasteiger partial charge in [-0.2, -0.15) is 5.26 Å². The second-order valence-corrected chi connectivity index (χ2v) is 4.86. The van der Waals surface area contributed by atoms with Gasteiger partial charge in [-0.15, -0.1) is 6.58 Å². The number of methoxy groups -OCH3 is 1. The average molecular weight is 255 g/mol. The van der Waals surface area contributed by atoms with Crippen LogP contribution < -0.4 is 4.74 Å². The quantitative estimate of drug-likeness (QED) is 0.777. The van der Waals surface area contributed by atoms with Gasteiger partial charge in [0.25, 0.3) is 0 Å². The number of rotatable bonds is 4. The first-order chi connectivity index (χ1) is 9.17. The van der Waals surface area contributed by atoms with Gasteiger partial charge >= 0.3 is 0 Å². The van der Waals surface area contributed by atoms with Crippen LogP contribution in [-0.4, -0.2) is 12.9 Å². The first kappa shape index (κ1) is 13.4. The minimum absolute atomic E-state index is 0.134. The van der Waals surface area contributed by atoms with E-state index in [1.54, 1.807) is 13.2 Å².